The second kappa shape index (κ2) is 5.21. The molecule has 0 saturated heterocycles. The van der Waals surface area contributed by atoms with Gasteiger partial charge in [-0.2, -0.15) is 0 Å². The van der Waals surface area contributed by atoms with E-state index in [2.05, 4.69) is 31.0 Å². The van der Waals surface area contributed by atoms with E-state index in [9.17, 15) is 0 Å². The van der Waals surface area contributed by atoms with Gasteiger partial charge in [0.05, 0.1) is 5.54 Å². The normalized spacial score (nSPS) is 18.3. The molecular formula is C12H21N. The molecule has 0 saturated carbocycles. The van der Waals surface area contributed by atoms with E-state index in [0.29, 0.717) is 0 Å². The van der Waals surface area contributed by atoms with Gasteiger partial charge >= 0.3 is 0 Å². The predicted molar refractivity (Wildman–Crippen MR) is 59.4 cm³/mol. The quantitative estimate of drug-likeness (QED) is 0.589. The van der Waals surface area contributed by atoms with Crippen LogP contribution in [0.4, 0.5) is 0 Å². The molecule has 13 heavy (non-hydrogen) atoms. The average Bonchev–Trinajstić information content (AvgIpc) is 2.61. The highest BCUT2D eigenvalue weighted by Crippen LogP contribution is 2.29. The maximum atomic E-state index is 4.61. The third-order valence-corrected chi connectivity index (χ3v) is 2.75. The molecule has 0 aliphatic carbocycles. The Morgan fingerprint density at radius 3 is 2.08 bits per heavy atom. The van der Waals surface area contributed by atoms with Crippen molar-refractivity contribution in [2.45, 2.75) is 57.9 Å². The Morgan fingerprint density at radius 1 is 1.08 bits per heavy atom. The molecule has 0 fully saturated rings. The van der Waals surface area contributed by atoms with Crippen molar-refractivity contribution >= 4 is 6.21 Å². The fourth-order valence-corrected chi connectivity index (χ4v) is 1.84. The summed E-state index contributed by atoms with van der Waals surface area (Å²) in [5.41, 5.74) is 0.187. The molecule has 74 valence electrons. The lowest BCUT2D eigenvalue weighted by Gasteiger charge is -2.23. The van der Waals surface area contributed by atoms with Crippen LogP contribution in [0.1, 0.15) is 52.4 Å². The van der Waals surface area contributed by atoms with Crippen LogP contribution in [0, 0.1) is 0 Å². The smallest absolute Gasteiger partial charge is 0.0791 e. The Labute approximate surface area is 82.0 Å². The summed E-state index contributed by atoms with van der Waals surface area (Å²) in [6.45, 7) is 4.49. The monoisotopic (exact) mass is 179 g/mol. The van der Waals surface area contributed by atoms with E-state index in [0.717, 1.165) is 0 Å². The average molecular weight is 179 g/mol. The summed E-state index contributed by atoms with van der Waals surface area (Å²) in [5, 5.41) is 0. The van der Waals surface area contributed by atoms with Gasteiger partial charge in [-0.1, -0.05) is 45.6 Å². The van der Waals surface area contributed by atoms with E-state index < -0.39 is 0 Å². The first-order valence-electron chi connectivity index (χ1n) is 5.56. The molecule has 0 radical (unpaired) electrons. The van der Waals surface area contributed by atoms with E-state index in [1.807, 2.05) is 6.21 Å². The van der Waals surface area contributed by atoms with Crippen molar-refractivity contribution < 1.29 is 0 Å². The molecule has 0 bridgehead atoms. The summed E-state index contributed by atoms with van der Waals surface area (Å²) in [4.78, 5) is 4.61. The number of unbranched alkanes of at least 4 members (excludes halogenated alkanes) is 2. The number of nitrogens with zero attached hydrogens (tertiary/aromatic N) is 1. The Hall–Kier alpha value is -0.590. The first-order valence-corrected chi connectivity index (χ1v) is 5.56. The van der Waals surface area contributed by atoms with Crippen LogP contribution in [0.15, 0.2) is 17.1 Å². The molecule has 1 aliphatic rings. The van der Waals surface area contributed by atoms with Gasteiger partial charge in [0.2, 0.25) is 0 Å². The van der Waals surface area contributed by atoms with Crippen LogP contribution in [0.5, 0.6) is 0 Å². The summed E-state index contributed by atoms with van der Waals surface area (Å²) in [7, 11) is 0. The summed E-state index contributed by atoms with van der Waals surface area (Å²) in [6, 6.07) is 0. The molecule has 0 aromatic carbocycles. The minimum Gasteiger partial charge on any atom is -0.282 e. The number of rotatable bonds is 6. The maximum Gasteiger partial charge on any atom is 0.0791 e. The third kappa shape index (κ3) is 2.98. The molecule has 1 aliphatic heterocycles. The van der Waals surface area contributed by atoms with Crippen LogP contribution in [0.2, 0.25) is 0 Å². The van der Waals surface area contributed by atoms with Crippen molar-refractivity contribution in [2.24, 2.45) is 4.99 Å². The van der Waals surface area contributed by atoms with Crippen molar-refractivity contribution in [3.8, 4) is 0 Å². The molecule has 0 aromatic heterocycles. The van der Waals surface area contributed by atoms with Crippen LogP contribution >= 0.6 is 0 Å². The van der Waals surface area contributed by atoms with Crippen LogP contribution in [-0.2, 0) is 0 Å². The van der Waals surface area contributed by atoms with Gasteiger partial charge in [0.1, 0.15) is 0 Å². The van der Waals surface area contributed by atoms with Crippen molar-refractivity contribution in [1.29, 1.82) is 0 Å². The van der Waals surface area contributed by atoms with E-state index in [4.69, 9.17) is 0 Å². The number of aliphatic imine (C=N–C) groups is 1. The Balaban J connectivity index is 2.44. The van der Waals surface area contributed by atoms with Crippen LogP contribution in [0.3, 0.4) is 0 Å². The van der Waals surface area contributed by atoms with E-state index >= 15 is 0 Å². The van der Waals surface area contributed by atoms with Gasteiger partial charge in [-0.3, -0.25) is 4.99 Å². The van der Waals surface area contributed by atoms with E-state index in [-0.39, 0.29) is 5.54 Å². The van der Waals surface area contributed by atoms with Crippen molar-refractivity contribution in [2.75, 3.05) is 0 Å². The van der Waals surface area contributed by atoms with Crippen LogP contribution < -0.4 is 0 Å². The standard InChI is InChI=1S/C12H21N/c1-3-5-8-12(9-6-4-2)10-7-11-13-12/h7,10-11H,3-6,8-9H2,1-2H3. The lowest BCUT2D eigenvalue weighted by Crippen LogP contribution is -2.21. The molecular weight excluding hydrogens is 158 g/mol. The summed E-state index contributed by atoms with van der Waals surface area (Å²) in [6.07, 6.45) is 14.0. The fraction of sp³-hybridized carbons (Fsp3) is 0.750. The van der Waals surface area contributed by atoms with Gasteiger partial charge in [-0.25, -0.2) is 0 Å². The molecule has 0 atom stereocenters. The highest BCUT2D eigenvalue weighted by atomic mass is 14.9. The Morgan fingerprint density at radius 2 is 1.69 bits per heavy atom. The molecule has 0 aromatic rings. The highest BCUT2D eigenvalue weighted by Gasteiger charge is 2.25. The van der Waals surface area contributed by atoms with Gasteiger partial charge in [-0.05, 0) is 18.9 Å². The van der Waals surface area contributed by atoms with E-state index in [1.54, 1.807) is 0 Å². The molecule has 1 heterocycles. The summed E-state index contributed by atoms with van der Waals surface area (Å²) in [5.74, 6) is 0. The van der Waals surface area contributed by atoms with Gasteiger partial charge in [0.25, 0.3) is 0 Å². The van der Waals surface area contributed by atoms with E-state index in [1.165, 1.54) is 38.5 Å². The molecule has 0 spiro atoms. The van der Waals surface area contributed by atoms with Crippen LogP contribution in [0.25, 0.3) is 0 Å². The lowest BCUT2D eigenvalue weighted by molar-refractivity contribution is 0.428. The summed E-state index contributed by atoms with van der Waals surface area (Å²) < 4.78 is 0. The van der Waals surface area contributed by atoms with Crippen molar-refractivity contribution in [1.82, 2.24) is 0 Å². The first-order chi connectivity index (χ1) is 6.33. The largest absolute Gasteiger partial charge is 0.282 e. The molecule has 1 rings (SSSR count). The summed E-state index contributed by atoms with van der Waals surface area (Å²) >= 11 is 0. The minimum absolute atomic E-state index is 0.187. The Kier molecular flexibility index (Phi) is 4.20. The topological polar surface area (TPSA) is 12.4 Å². The molecule has 1 heteroatoms. The second-order valence-electron chi connectivity index (χ2n) is 3.95. The highest BCUT2D eigenvalue weighted by molar-refractivity contribution is 5.75. The zero-order valence-corrected chi connectivity index (χ0v) is 8.92. The molecule has 0 amide bonds. The van der Waals surface area contributed by atoms with Gasteiger partial charge < -0.3 is 0 Å². The lowest BCUT2D eigenvalue weighted by atomic mass is 9.88. The SMILES string of the molecule is CCCCC1(CCCC)C=CC=N1. The minimum atomic E-state index is 0.187. The maximum absolute atomic E-state index is 4.61. The zero-order chi connectivity index (χ0) is 9.57. The number of hydrogen-bond donors (Lipinski definition) is 0. The van der Waals surface area contributed by atoms with Gasteiger partial charge in [-0.15, -0.1) is 0 Å². The fourth-order valence-electron chi connectivity index (χ4n) is 1.84. The predicted octanol–water partition coefficient (Wildman–Crippen LogP) is 3.75. The third-order valence-electron chi connectivity index (χ3n) is 2.75. The Bertz CT molecular complexity index is 169. The molecule has 0 unspecified atom stereocenters. The van der Waals surface area contributed by atoms with Crippen LogP contribution in [-0.4, -0.2) is 11.8 Å². The molecule has 1 nitrogen and oxygen atoms in total. The number of allylic oxidation sites excluding steroid dienone is 1. The van der Waals surface area contributed by atoms with Gasteiger partial charge in [0, 0.05) is 6.21 Å². The first kappa shape index (κ1) is 10.5. The zero-order valence-electron chi connectivity index (χ0n) is 8.92. The molecule has 0 N–H and O–H groups in total. The van der Waals surface area contributed by atoms with Crippen molar-refractivity contribution in [3.05, 3.63) is 12.2 Å². The second-order valence-corrected chi connectivity index (χ2v) is 3.95. The van der Waals surface area contributed by atoms with Gasteiger partial charge in [0.15, 0.2) is 0 Å². The van der Waals surface area contributed by atoms with Crippen molar-refractivity contribution in [3.63, 3.8) is 0 Å². The number of hydrogen-bond acceptors (Lipinski definition) is 1.